The van der Waals surface area contributed by atoms with E-state index in [1.54, 1.807) is 0 Å². The minimum Gasteiger partial charge on any atom is -0.409 e. The summed E-state index contributed by atoms with van der Waals surface area (Å²) in [5.41, 5.74) is 4.76. The molecule has 17 heavy (non-hydrogen) atoms. The molecule has 1 unspecified atom stereocenters. The van der Waals surface area contributed by atoms with Crippen molar-refractivity contribution in [3.05, 3.63) is 0 Å². The van der Waals surface area contributed by atoms with E-state index < -0.39 is 5.41 Å². The summed E-state index contributed by atoms with van der Waals surface area (Å²) in [5, 5.41) is 14.7. The molecule has 1 atom stereocenters. The molecule has 0 aliphatic carbocycles. The number of rotatable bonds is 4. The van der Waals surface area contributed by atoms with Crippen LogP contribution < -0.4 is 11.1 Å². The van der Waals surface area contributed by atoms with Crippen LogP contribution >= 0.6 is 0 Å². The zero-order valence-corrected chi connectivity index (χ0v) is 10.4. The van der Waals surface area contributed by atoms with E-state index in [-0.39, 0.29) is 17.8 Å². The van der Waals surface area contributed by atoms with E-state index in [0.717, 1.165) is 6.42 Å². The molecule has 1 aliphatic rings. The maximum atomic E-state index is 12.3. The van der Waals surface area contributed by atoms with Crippen LogP contribution in [0.3, 0.4) is 0 Å². The van der Waals surface area contributed by atoms with E-state index in [2.05, 4.69) is 10.5 Å². The number of ether oxygens (including phenoxy) is 1. The molecule has 1 amide bonds. The molecule has 1 aliphatic heterocycles. The zero-order chi connectivity index (χ0) is 12.9. The topological polar surface area (TPSA) is 96.9 Å². The number of carbonyl (C=O) groups excluding carboxylic acids is 1. The van der Waals surface area contributed by atoms with Gasteiger partial charge in [0.25, 0.3) is 0 Å². The Morgan fingerprint density at radius 2 is 2.18 bits per heavy atom. The second-order valence-electron chi connectivity index (χ2n) is 4.46. The minimum absolute atomic E-state index is 0.0263. The van der Waals surface area contributed by atoms with Gasteiger partial charge in [0, 0.05) is 19.3 Å². The third kappa shape index (κ3) is 2.88. The van der Waals surface area contributed by atoms with Crippen molar-refractivity contribution in [3.8, 4) is 0 Å². The summed E-state index contributed by atoms with van der Waals surface area (Å²) < 4.78 is 5.23. The third-order valence-corrected chi connectivity index (χ3v) is 3.37. The van der Waals surface area contributed by atoms with Crippen LogP contribution in [0.4, 0.5) is 0 Å². The van der Waals surface area contributed by atoms with Gasteiger partial charge in [0.2, 0.25) is 5.91 Å². The number of nitrogens with zero attached hydrogens (tertiary/aromatic N) is 1. The molecule has 1 rings (SSSR count). The summed E-state index contributed by atoms with van der Waals surface area (Å²) in [4.78, 5) is 12.3. The van der Waals surface area contributed by atoms with Gasteiger partial charge in [-0.15, -0.1) is 0 Å². The highest BCUT2D eigenvalue weighted by Gasteiger charge is 2.44. The monoisotopic (exact) mass is 243 g/mol. The number of oxime groups is 1. The van der Waals surface area contributed by atoms with Gasteiger partial charge in [0.15, 0.2) is 5.84 Å². The number of nitrogens with two attached hydrogens (primary N) is 1. The van der Waals surface area contributed by atoms with Crippen LogP contribution in [-0.2, 0) is 9.53 Å². The zero-order valence-electron chi connectivity index (χ0n) is 10.4. The van der Waals surface area contributed by atoms with Crippen molar-refractivity contribution in [2.75, 3.05) is 13.2 Å². The van der Waals surface area contributed by atoms with Crippen LogP contribution in [0.25, 0.3) is 0 Å². The molecule has 1 fully saturated rings. The lowest BCUT2D eigenvalue weighted by Crippen LogP contribution is -2.54. The fraction of sp³-hybridized carbons (Fsp3) is 0.818. The van der Waals surface area contributed by atoms with Crippen molar-refractivity contribution >= 4 is 11.7 Å². The predicted octanol–water partition coefficient (Wildman–Crippen LogP) is 0.444. The lowest BCUT2D eigenvalue weighted by atomic mass is 9.78. The van der Waals surface area contributed by atoms with Gasteiger partial charge in [-0.2, -0.15) is 0 Å². The summed E-state index contributed by atoms with van der Waals surface area (Å²) in [7, 11) is 0. The normalized spacial score (nSPS) is 21.9. The van der Waals surface area contributed by atoms with E-state index >= 15 is 0 Å². The van der Waals surface area contributed by atoms with Gasteiger partial charge in [-0.1, -0.05) is 12.1 Å². The molecule has 0 radical (unpaired) electrons. The van der Waals surface area contributed by atoms with E-state index in [4.69, 9.17) is 15.7 Å². The Labute approximate surface area is 101 Å². The van der Waals surface area contributed by atoms with Crippen molar-refractivity contribution < 1.29 is 14.7 Å². The molecule has 1 heterocycles. The third-order valence-electron chi connectivity index (χ3n) is 3.37. The Kier molecular flexibility index (Phi) is 4.74. The summed E-state index contributed by atoms with van der Waals surface area (Å²) in [5.74, 6) is -0.202. The standard InChI is InChI=1S/C11H21N3O3/c1-3-8(2)13-10(15)11(9(12)14-16)4-6-17-7-5-11/h8,16H,3-7H2,1-2H3,(H2,12,14)(H,13,15). The van der Waals surface area contributed by atoms with Crippen LogP contribution in [-0.4, -0.2) is 36.2 Å². The van der Waals surface area contributed by atoms with Gasteiger partial charge < -0.3 is 21.0 Å². The largest absolute Gasteiger partial charge is 0.409 e. The van der Waals surface area contributed by atoms with Crippen LogP contribution in [0, 0.1) is 5.41 Å². The molecule has 0 aromatic carbocycles. The fourth-order valence-electron chi connectivity index (χ4n) is 1.88. The first kappa shape index (κ1) is 13.8. The molecule has 0 aromatic rings. The van der Waals surface area contributed by atoms with Gasteiger partial charge in [-0.25, -0.2) is 0 Å². The number of hydrogen-bond donors (Lipinski definition) is 3. The van der Waals surface area contributed by atoms with Gasteiger partial charge in [0.05, 0.1) is 0 Å². The van der Waals surface area contributed by atoms with E-state index in [9.17, 15) is 4.79 Å². The average molecular weight is 243 g/mol. The number of amidine groups is 1. The summed E-state index contributed by atoms with van der Waals surface area (Å²) in [6.07, 6.45) is 1.74. The van der Waals surface area contributed by atoms with Crippen LogP contribution in [0.1, 0.15) is 33.1 Å². The number of carbonyl (C=O) groups is 1. The molecule has 6 heteroatoms. The Balaban J connectivity index is 2.86. The lowest BCUT2D eigenvalue weighted by molar-refractivity contribution is -0.132. The van der Waals surface area contributed by atoms with Gasteiger partial charge in [0.1, 0.15) is 5.41 Å². The summed E-state index contributed by atoms with van der Waals surface area (Å²) in [6.45, 7) is 4.82. The SMILES string of the molecule is CCC(C)NC(=O)C1(C(N)=NO)CCOCC1. The molecule has 1 saturated heterocycles. The molecule has 98 valence electrons. The highest BCUT2D eigenvalue weighted by molar-refractivity contribution is 6.06. The fourth-order valence-corrected chi connectivity index (χ4v) is 1.88. The maximum Gasteiger partial charge on any atom is 0.234 e. The van der Waals surface area contributed by atoms with Crippen molar-refractivity contribution in [2.24, 2.45) is 16.3 Å². The summed E-state index contributed by atoms with van der Waals surface area (Å²) >= 11 is 0. The van der Waals surface area contributed by atoms with Gasteiger partial charge in [-0.3, -0.25) is 4.79 Å². The molecule has 0 spiro atoms. The molecule has 4 N–H and O–H groups in total. The average Bonchev–Trinajstić information content (AvgIpc) is 2.38. The highest BCUT2D eigenvalue weighted by atomic mass is 16.5. The smallest absolute Gasteiger partial charge is 0.234 e. The van der Waals surface area contributed by atoms with Crippen molar-refractivity contribution in [3.63, 3.8) is 0 Å². The molecule has 0 saturated carbocycles. The minimum atomic E-state index is -0.920. The number of amides is 1. The molecular weight excluding hydrogens is 222 g/mol. The molecular formula is C11H21N3O3. The van der Waals surface area contributed by atoms with Crippen molar-refractivity contribution in [2.45, 2.75) is 39.2 Å². The number of nitrogens with one attached hydrogen (secondary N) is 1. The van der Waals surface area contributed by atoms with Crippen LogP contribution in [0.5, 0.6) is 0 Å². The first-order chi connectivity index (χ1) is 8.06. The van der Waals surface area contributed by atoms with Crippen molar-refractivity contribution in [1.82, 2.24) is 5.32 Å². The van der Waals surface area contributed by atoms with Crippen LogP contribution in [0.15, 0.2) is 5.16 Å². The first-order valence-electron chi connectivity index (χ1n) is 5.93. The molecule has 0 aromatic heterocycles. The quantitative estimate of drug-likeness (QED) is 0.289. The van der Waals surface area contributed by atoms with E-state index in [1.165, 1.54) is 0 Å². The second-order valence-corrected chi connectivity index (χ2v) is 4.46. The highest BCUT2D eigenvalue weighted by Crippen LogP contribution is 2.31. The number of hydrogen-bond acceptors (Lipinski definition) is 4. The van der Waals surface area contributed by atoms with Gasteiger partial charge in [-0.05, 0) is 26.2 Å². The lowest BCUT2D eigenvalue weighted by Gasteiger charge is -2.35. The predicted molar refractivity (Wildman–Crippen MR) is 63.8 cm³/mol. The van der Waals surface area contributed by atoms with Crippen molar-refractivity contribution in [1.29, 1.82) is 0 Å². The Bertz CT molecular complexity index is 298. The first-order valence-corrected chi connectivity index (χ1v) is 5.93. The van der Waals surface area contributed by atoms with Gasteiger partial charge >= 0.3 is 0 Å². The van der Waals surface area contributed by atoms with Crippen LogP contribution in [0.2, 0.25) is 0 Å². The maximum absolute atomic E-state index is 12.3. The molecule has 0 bridgehead atoms. The summed E-state index contributed by atoms with van der Waals surface area (Å²) in [6, 6.07) is 0.0775. The van der Waals surface area contributed by atoms with E-state index in [1.807, 2.05) is 13.8 Å². The Morgan fingerprint density at radius 1 is 1.59 bits per heavy atom. The second kappa shape index (κ2) is 5.86. The Morgan fingerprint density at radius 3 is 2.65 bits per heavy atom. The Hall–Kier alpha value is -1.30. The van der Waals surface area contributed by atoms with E-state index in [0.29, 0.717) is 26.1 Å². The molecule has 6 nitrogen and oxygen atoms in total.